The standard InChI is InChI=1S/C13H15N3O3S/c1-16(7-9-5-3-4-6-14-9)13-15-10(8-19-2)11(20-13)12(17)18/h3-6H,7-8H2,1-2H3,(H,17,18). The molecule has 0 saturated carbocycles. The lowest BCUT2D eigenvalue weighted by Crippen LogP contribution is -2.16. The first-order valence-corrected chi connectivity index (χ1v) is 6.76. The fraction of sp³-hybridized carbons (Fsp3) is 0.308. The van der Waals surface area contributed by atoms with Crippen molar-refractivity contribution < 1.29 is 14.6 Å². The van der Waals surface area contributed by atoms with Crippen molar-refractivity contribution in [2.75, 3.05) is 19.1 Å². The van der Waals surface area contributed by atoms with Crippen molar-refractivity contribution in [2.45, 2.75) is 13.2 Å². The molecule has 0 radical (unpaired) electrons. The zero-order chi connectivity index (χ0) is 14.5. The number of hydrogen-bond donors (Lipinski definition) is 1. The van der Waals surface area contributed by atoms with E-state index < -0.39 is 5.97 Å². The molecular weight excluding hydrogens is 278 g/mol. The zero-order valence-corrected chi connectivity index (χ0v) is 12.1. The van der Waals surface area contributed by atoms with Crippen LogP contribution in [-0.2, 0) is 17.9 Å². The second-order valence-electron chi connectivity index (χ2n) is 4.19. The molecule has 0 bridgehead atoms. The minimum atomic E-state index is -0.980. The number of anilines is 1. The SMILES string of the molecule is COCc1nc(N(C)Cc2ccccn2)sc1C(=O)O. The van der Waals surface area contributed by atoms with Crippen LogP contribution in [-0.4, -0.2) is 35.2 Å². The van der Waals surface area contributed by atoms with E-state index in [4.69, 9.17) is 9.84 Å². The summed E-state index contributed by atoms with van der Waals surface area (Å²) in [4.78, 5) is 21.8. The van der Waals surface area contributed by atoms with Crippen molar-refractivity contribution in [2.24, 2.45) is 0 Å². The summed E-state index contributed by atoms with van der Waals surface area (Å²) in [5, 5.41) is 9.80. The van der Waals surface area contributed by atoms with Crippen LogP contribution in [0.5, 0.6) is 0 Å². The quantitative estimate of drug-likeness (QED) is 0.878. The molecule has 7 heteroatoms. The monoisotopic (exact) mass is 293 g/mol. The Labute approximate surface area is 120 Å². The van der Waals surface area contributed by atoms with Crippen molar-refractivity contribution in [1.29, 1.82) is 0 Å². The molecule has 2 heterocycles. The Morgan fingerprint density at radius 3 is 2.90 bits per heavy atom. The van der Waals surface area contributed by atoms with Crippen molar-refractivity contribution in [1.82, 2.24) is 9.97 Å². The van der Waals surface area contributed by atoms with E-state index in [1.54, 1.807) is 6.20 Å². The van der Waals surface area contributed by atoms with Gasteiger partial charge >= 0.3 is 5.97 Å². The number of carboxylic acids is 1. The second-order valence-corrected chi connectivity index (χ2v) is 5.17. The van der Waals surface area contributed by atoms with Gasteiger partial charge in [0, 0.05) is 20.4 Å². The van der Waals surface area contributed by atoms with Gasteiger partial charge in [-0.1, -0.05) is 17.4 Å². The summed E-state index contributed by atoms with van der Waals surface area (Å²) in [7, 11) is 3.37. The largest absolute Gasteiger partial charge is 0.477 e. The van der Waals surface area contributed by atoms with Crippen LogP contribution in [0.25, 0.3) is 0 Å². The molecule has 0 fully saturated rings. The summed E-state index contributed by atoms with van der Waals surface area (Å²) in [5.41, 5.74) is 1.35. The minimum absolute atomic E-state index is 0.190. The molecule has 2 aromatic rings. The maximum atomic E-state index is 11.2. The molecule has 2 rings (SSSR count). The van der Waals surface area contributed by atoms with Gasteiger partial charge in [-0.25, -0.2) is 9.78 Å². The molecule has 0 aliphatic carbocycles. The normalized spacial score (nSPS) is 10.5. The van der Waals surface area contributed by atoms with Gasteiger partial charge in [0.25, 0.3) is 0 Å². The maximum absolute atomic E-state index is 11.2. The lowest BCUT2D eigenvalue weighted by molar-refractivity contribution is 0.0697. The van der Waals surface area contributed by atoms with Crippen molar-refractivity contribution in [3.05, 3.63) is 40.7 Å². The van der Waals surface area contributed by atoms with E-state index in [0.29, 0.717) is 17.4 Å². The fourth-order valence-electron chi connectivity index (χ4n) is 1.71. The molecule has 1 N–H and O–H groups in total. The smallest absolute Gasteiger partial charge is 0.347 e. The number of nitrogens with zero attached hydrogens (tertiary/aromatic N) is 3. The third-order valence-corrected chi connectivity index (χ3v) is 3.81. The van der Waals surface area contributed by atoms with Crippen molar-refractivity contribution in [3.63, 3.8) is 0 Å². The molecule has 106 valence electrons. The number of aromatic carboxylic acids is 1. The van der Waals surface area contributed by atoms with Gasteiger partial charge in [0.05, 0.1) is 24.5 Å². The van der Waals surface area contributed by atoms with Gasteiger partial charge < -0.3 is 14.7 Å². The summed E-state index contributed by atoms with van der Waals surface area (Å²) in [5.74, 6) is -0.980. The Balaban J connectivity index is 2.19. The van der Waals surface area contributed by atoms with E-state index in [2.05, 4.69) is 9.97 Å². The van der Waals surface area contributed by atoms with Crippen LogP contribution in [0.4, 0.5) is 5.13 Å². The van der Waals surface area contributed by atoms with E-state index >= 15 is 0 Å². The van der Waals surface area contributed by atoms with Gasteiger partial charge in [0.15, 0.2) is 5.13 Å². The van der Waals surface area contributed by atoms with Gasteiger partial charge in [-0.05, 0) is 12.1 Å². The molecule has 0 unspecified atom stereocenters. The number of ether oxygens (including phenoxy) is 1. The lowest BCUT2D eigenvalue weighted by Gasteiger charge is -2.14. The highest BCUT2D eigenvalue weighted by Crippen LogP contribution is 2.27. The van der Waals surface area contributed by atoms with Gasteiger partial charge in [-0.3, -0.25) is 4.98 Å². The molecule has 0 spiro atoms. The third-order valence-electron chi connectivity index (χ3n) is 2.61. The molecular formula is C13H15N3O3S. The van der Waals surface area contributed by atoms with Crippen molar-refractivity contribution >= 4 is 22.4 Å². The van der Waals surface area contributed by atoms with Crippen LogP contribution in [0.15, 0.2) is 24.4 Å². The number of hydrogen-bond acceptors (Lipinski definition) is 6. The van der Waals surface area contributed by atoms with Crippen LogP contribution >= 0.6 is 11.3 Å². The number of carbonyl (C=O) groups is 1. The summed E-state index contributed by atoms with van der Waals surface area (Å²) in [6.07, 6.45) is 1.73. The molecule has 20 heavy (non-hydrogen) atoms. The number of aromatic nitrogens is 2. The van der Waals surface area contributed by atoms with Gasteiger partial charge in [-0.15, -0.1) is 0 Å². The Bertz CT molecular complexity index is 586. The highest BCUT2D eigenvalue weighted by atomic mass is 32.1. The van der Waals surface area contributed by atoms with E-state index in [9.17, 15) is 4.79 Å². The topological polar surface area (TPSA) is 75.5 Å². The first kappa shape index (κ1) is 14.4. The number of thiazole rings is 1. The van der Waals surface area contributed by atoms with Gasteiger partial charge in [0.2, 0.25) is 0 Å². The van der Waals surface area contributed by atoms with E-state index in [0.717, 1.165) is 17.0 Å². The highest BCUT2D eigenvalue weighted by Gasteiger charge is 2.19. The Morgan fingerprint density at radius 1 is 1.50 bits per heavy atom. The predicted octanol–water partition coefficient (Wildman–Crippen LogP) is 2.02. The summed E-state index contributed by atoms with van der Waals surface area (Å²) in [6, 6.07) is 5.68. The average Bonchev–Trinajstić information content (AvgIpc) is 2.85. The zero-order valence-electron chi connectivity index (χ0n) is 11.2. The number of methoxy groups -OCH3 is 1. The predicted molar refractivity (Wildman–Crippen MR) is 76.1 cm³/mol. The molecule has 6 nitrogen and oxygen atoms in total. The Morgan fingerprint density at radius 2 is 2.30 bits per heavy atom. The van der Waals surface area contributed by atoms with Crippen LogP contribution in [0, 0.1) is 0 Å². The van der Waals surface area contributed by atoms with Gasteiger partial charge in [-0.2, -0.15) is 0 Å². The third kappa shape index (κ3) is 3.31. The summed E-state index contributed by atoms with van der Waals surface area (Å²) in [6.45, 7) is 0.759. The fourth-order valence-corrected chi connectivity index (χ4v) is 2.57. The molecule has 0 amide bonds. The maximum Gasteiger partial charge on any atom is 0.347 e. The molecule has 0 aromatic carbocycles. The molecule has 0 aliphatic heterocycles. The molecule has 0 saturated heterocycles. The number of carboxylic acid groups (broad SMARTS) is 1. The van der Waals surface area contributed by atoms with Gasteiger partial charge in [0.1, 0.15) is 4.88 Å². The molecule has 0 aliphatic rings. The van der Waals surface area contributed by atoms with Crippen LogP contribution in [0.2, 0.25) is 0 Å². The first-order valence-electron chi connectivity index (χ1n) is 5.94. The van der Waals surface area contributed by atoms with E-state index in [1.807, 2.05) is 30.1 Å². The van der Waals surface area contributed by atoms with Crippen LogP contribution < -0.4 is 4.90 Å². The van der Waals surface area contributed by atoms with E-state index in [-0.39, 0.29) is 11.5 Å². The number of rotatable bonds is 6. The Hall–Kier alpha value is -1.99. The Kier molecular flexibility index (Phi) is 4.65. The minimum Gasteiger partial charge on any atom is -0.477 e. The second kappa shape index (κ2) is 6.44. The average molecular weight is 293 g/mol. The summed E-state index contributed by atoms with van der Waals surface area (Å²) < 4.78 is 4.98. The lowest BCUT2D eigenvalue weighted by atomic mass is 10.3. The van der Waals surface area contributed by atoms with Crippen LogP contribution in [0.3, 0.4) is 0 Å². The van der Waals surface area contributed by atoms with Crippen molar-refractivity contribution in [3.8, 4) is 0 Å². The molecule has 0 atom stereocenters. The summed E-state index contributed by atoms with van der Waals surface area (Å²) >= 11 is 1.14. The highest BCUT2D eigenvalue weighted by molar-refractivity contribution is 7.17. The molecule has 2 aromatic heterocycles. The first-order chi connectivity index (χ1) is 9.61. The van der Waals surface area contributed by atoms with Crippen LogP contribution in [0.1, 0.15) is 21.1 Å². The number of pyridine rings is 1. The van der Waals surface area contributed by atoms with E-state index in [1.165, 1.54) is 7.11 Å².